The molecule has 0 radical (unpaired) electrons. The number of hydrogen-bond donors (Lipinski definition) is 4. The molecule has 0 unspecified atom stereocenters. The number of nitrogens with zero attached hydrogens (tertiary/aromatic N) is 1. The van der Waals surface area contributed by atoms with Gasteiger partial charge in [-0.05, 0) is 90.1 Å². The van der Waals surface area contributed by atoms with Crippen molar-refractivity contribution in [3.8, 4) is 0 Å². The Labute approximate surface area is 241 Å². The van der Waals surface area contributed by atoms with E-state index in [1.165, 1.54) is 36.4 Å². The number of carbonyl (C=O) groups is 4. The number of nitrogens with one attached hydrogen (secondary N) is 4. The van der Waals surface area contributed by atoms with E-state index in [4.69, 9.17) is 9.47 Å². The number of benzene rings is 2. The van der Waals surface area contributed by atoms with Gasteiger partial charge in [0.1, 0.15) is 28.5 Å². The number of halogens is 2. The fraction of sp³-hybridized carbons (Fsp3) is 0.276. The third-order valence-electron chi connectivity index (χ3n) is 4.98. The van der Waals surface area contributed by atoms with Crippen LogP contribution in [0, 0.1) is 11.6 Å². The first-order chi connectivity index (χ1) is 19.5. The standard InChI is InChI=1S/C29H31F2N5O6/c1-28(2,3)41-26(39)35-21-11-8-17(13-19(21)30)33-24(37)16-7-10-23(32-15-16)25(38)34-18-9-12-22(20(31)14-18)36-27(40)42-29(4,5)6/h7-15H,1-6H3,(H,33,37)(H,34,38)(H,35,39)(H,36,40). The van der Waals surface area contributed by atoms with E-state index >= 15 is 0 Å². The highest BCUT2D eigenvalue weighted by atomic mass is 19.1. The Hall–Kier alpha value is -5.07. The first kappa shape index (κ1) is 31.5. The highest BCUT2D eigenvalue weighted by Crippen LogP contribution is 2.22. The average Bonchev–Trinajstić information content (AvgIpc) is 2.85. The van der Waals surface area contributed by atoms with Crippen LogP contribution >= 0.6 is 0 Å². The summed E-state index contributed by atoms with van der Waals surface area (Å²) < 4.78 is 39.1. The minimum absolute atomic E-state index is 0.0634. The number of aromatic nitrogens is 1. The summed E-state index contributed by atoms with van der Waals surface area (Å²) >= 11 is 0. The molecule has 1 heterocycles. The van der Waals surface area contributed by atoms with Crippen molar-refractivity contribution >= 4 is 46.8 Å². The van der Waals surface area contributed by atoms with Gasteiger partial charge in [-0.25, -0.2) is 18.4 Å². The summed E-state index contributed by atoms with van der Waals surface area (Å²) in [5, 5.41) is 9.56. The summed E-state index contributed by atoms with van der Waals surface area (Å²) in [7, 11) is 0. The second-order valence-corrected chi connectivity index (χ2v) is 11.0. The van der Waals surface area contributed by atoms with Crippen LogP contribution in [0.4, 0.5) is 41.1 Å². The maximum atomic E-state index is 14.5. The molecule has 13 heteroatoms. The van der Waals surface area contributed by atoms with Crippen molar-refractivity contribution < 1.29 is 37.4 Å². The van der Waals surface area contributed by atoms with E-state index in [1.807, 2.05) is 0 Å². The fourth-order valence-corrected chi connectivity index (χ4v) is 3.28. The van der Waals surface area contributed by atoms with Gasteiger partial charge in [0.25, 0.3) is 11.8 Å². The van der Waals surface area contributed by atoms with Gasteiger partial charge in [0, 0.05) is 17.6 Å². The summed E-state index contributed by atoms with van der Waals surface area (Å²) in [5.41, 5.74) is -1.56. The molecule has 0 aliphatic rings. The zero-order valence-corrected chi connectivity index (χ0v) is 23.8. The fourth-order valence-electron chi connectivity index (χ4n) is 3.28. The van der Waals surface area contributed by atoms with Gasteiger partial charge in [-0.1, -0.05) is 0 Å². The Bertz CT molecular complexity index is 1390. The molecule has 0 saturated carbocycles. The molecule has 42 heavy (non-hydrogen) atoms. The van der Waals surface area contributed by atoms with E-state index in [2.05, 4.69) is 26.3 Å². The van der Waals surface area contributed by atoms with Crippen LogP contribution in [0.3, 0.4) is 0 Å². The number of carbonyl (C=O) groups excluding carboxylic acids is 4. The minimum Gasteiger partial charge on any atom is -0.444 e. The molecule has 4 amide bonds. The van der Waals surface area contributed by atoms with Gasteiger partial charge in [-0.2, -0.15) is 0 Å². The van der Waals surface area contributed by atoms with E-state index in [-0.39, 0.29) is 34.0 Å². The number of anilines is 4. The van der Waals surface area contributed by atoms with Crippen molar-refractivity contribution in [1.29, 1.82) is 0 Å². The lowest BCUT2D eigenvalue weighted by Gasteiger charge is -2.20. The van der Waals surface area contributed by atoms with Crippen LogP contribution in [0.5, 0.6) is 0 Å². The monoisotopic (exact) mass is 583 g/mol. The van der Waals surface area contributed by atoms with Crippen LogP contribution in [-0.2, 0) is 9.47 Å². The van der Waals surface area contributed by atoms with E-state index in [1.54, 1.807) is 41.5 Å². The molecule has 0 fully saturated rings. The van der Waals surface area contributed by atoms with Gasteiger partial charge in [0.2, 0.25) is 0 Å². The van der Waals surface area contributed by atoms with Crippen molar-refractivity contribution in [3.63, 3.8) is 0 Å². The molecule has 2 aromatic carbocycles. The predicted molar refractivity (Wildman–Crippen MR) is 153 cm³/mol. The molecular weight excluding hydrogens is 552 g/mol. The predicted octanol–water partition coefficient (Wildman–Crippen LogP) is 6.56. The van der Waals surface area contributed by atoms with Gasteiger partial charge in [-0.15, -0.1) is 0 Å². The lowest BCUT2D eigenvalue weighted by molar-refractivity contribution is 0.0624. The molecular formula is C29H31F2N5O6. The third kappa shape index (κ3) is 9.54. The van der Waals surface area contributed by atoms with Gasteiger partial charge in [0.05, 0.1) is 16.9 Å². The van der Waals surface area contributed by atoms with Gasteiger partial charge in [0.15, 0.2) is 0 Å². The van der Waals surface area contributed by atoms with Crippen LogP contribution in [0.2, 0.25) is 0 Å². The normalized spacial score (nSPS) is 11.2. The zero-order chi connectivity index (χ0) is 31.2. The van der Waals surface area contributed by atoms with Crippen LogP contribution in [0.15, 0.2) is 54.7 Å². The molecule has 3 aromatic rings. The Morgan fingerprint density at radius 2 is 1.10 bits per heavy atom. The molecule has 0 aliphatic carbocycles. The SMILES string of the molecule is CC(C)(C)OC(=O)Nc1ccc(NC(=O)c2ccc(C(=O)Nc3ccc(NC(=O)OC(C)(C)C)c(F)c3)nc2)cc1F. The highest BCUT2D eigenvalue weighted by Gasteiger charge is 2.19. The Morgan fingerprint density at radius 1 is 0.643 bits per heavy atom. The van der Waals surface area contributed by atoms with Crippen molar-refractivity contribution in [1.82, 2.24) is 4.98 Å². The van der Waals surface area contributed by atoms with Gasteiger partial charge < -0.3 is 20.1 Å². The Kier molecular flexibility index (Phi) is 9.45. The van der Waals surface area contributed by atoms with Crippen molar-refractivity contribution in [3.05, 3.63) is 77.6 Å². The Morgan fingerprint density at radius 3 is 1.48 bits per heavy atom. The summed E-state index contributed by atoms with van der Waals surface area (Å²) in [6.45, 7) is 10.0. The molecule has 3 rings (SSSR count). The average molecular weight is 584 g/mol. The summed E-state index contributed by atoms with van der Waals surface area (Å²) in [6.07, 6.45) is -0.511. The highest BCUT2D eigenvalue weighted by molar-refractivity contribution is 6.06. The van der Waals surface area contributed by atoms with Crippen LogP contribution < -0.4 is 21.3 Å². The first-order valence-corrected chi connectivity index (χ1v) is 12.7. The minimum atomic E-state index is -0.830. The maximum absolute atomic E-state index is 14.5. The molecule has 0 saturated heterocycles. The second-order valence-electron chi connectivity index (χ2n) is 11.0. The first-order valence-electron chi connectivity index (χ1n) is 12.7. The van der Waals surface area contributed by atoms with E-state index in [0.29, 0.717) is 0 Å². The number of rotatable bonds is 6. The van der Waals surface area contributed by atoms with Crippen molar-refractivity contribution in [2.24, 2.45) is 0 Å². The third-order valence-corrected chi connectivity index (χ3v) is 4.98. The Balaban J connectivity index is 1.58. The summed E-state index contributed by atoms with van der Waals surface area (Å²) in [4.78, 5) is 52.9. The quantitative estimate of drug-likeness (QED) is 0.257. The van der Waals surface area contributed by atoms with Crippen molar-refractivity contribution in [2.75, 3.05) is 21.3 Å². The second kappa shape index (κ2) is 12.6. The largest absolute Gasteiger partial charge is 0.444 e. The molecule has 0 aliphatic heterocycles. The van der Waals surface area contributed by atoms with Crippen molar-refractivity contribution in [2.45, 2.75) is 52.7 Å². The van der Waals surface area contributed by atoms with E-state index < -0.39 is 46.8 Å². The van der Waals surface area contributed by atoms with Crippen LogP contribution in [0.25, 0.3) is 0 Å². The zero-order valence-electron chi connectivity index (χ0n) is 23.8. The summed E-state index contributed by atoms with van der Waals surface area (Å²) in [5.74, 6) is -2.90. The van der Waals surface area contributed by atoms with E-state index in [0.717, 1.165) is 18.3 Å². The topological polar surface area (TPSA) is 148 Å². The number of amides is 4. The van der Waals surface area contributed by atoms with Crippen LogP contribution in [-0.4, -0.2) is 40.2 Å². The lowest BCUT2D eigenvalue weighted by atomic mass is 10.2. The lowest BCUT2D eigenvalue weighted by Crippen LogP contribution is -2.27. The molecule has 0 spiro atoms. The maximum Gasteiger partial charge on any atom is 0.412 e. The molecule has 1 aromatic heterocycles. The number of ether oxygens (including phenoxy) is 2. The summed E-state index contributed by atoms with van der Waals surface area (Å²) in [6, 6.07) is 9.95. The molecule has 222 valence electrons. The number of pyridine rings is 1. The van der Waals surface area contributed by atoms with Gasteiger partial charge in [-0.3, -0.25) is 25.2 Å². The molecule has 11 nitrogen and oxygen atoms in total. The molecule has 0 atom stereocenters. The smallest absolute Gasteiger partial charge is 0.412 e. The van der Waals surface area contributed by atoms with Crippen LogP contribution in [0.1, 0.15) is 62.4 Å². The molecule has 0 bridgehead atoms. The molecule has 4 N–H and O–H groups in total. The van der Waals surface area contributed by atoms with Gasteiger partial charge >= 0.3 is 12.2 Å². The van der Waals surface area contributed by atoms with E-state index in [9.17, 15) is 28.0 Å². The number of hydrogen-bond acceptors (Lipinski definition) is 7.